The molecule has 0 aliphatic carbocycles. The molecule has 0 bridgehead atoms. The van der Waals surface area contributed by atoms with Crippen LogP contribution in [-0.2, 0) is 9.30 Å². The lowest BCUT2D eigenvalue weighted by molar-refractivity contribution is 0.0692. The fraction of sp³-hybridized carbons (Fsp3) is 0.263. The molecule has 1 saturated heterocycles. The van der Waals surface area contributed by atoms with Gasteiger partial charge in [-0.1, -0.05) is 33.8 Å². The van der Waals surface area contributed by atoms with Gasteiger partial charge < -0.3 is 4.74 Å². The van der Waals surface area contributed by atoms with E-state index in [0.717, 1.165) is 0 Å². The van der Waals surface area contributed by atoms with Crippen molar-refractivity contribution in [2.45, 2.75) is 13.0 Å². The van der Waals surface area contributed by atoms with Crippen LogP contribution >= 0.6 is 31.0 Å². The van der Waals surface area contributed by atoms with Crippen LogP contribution < -0.4 is 0 Å². The highest BCUT2D eigenvalue weighted by Crippen LogP contribution is 2.37. The van der Waals surface area contributed by atoms with Gasteiger partial charge in [0.25, 0.3) is 0 Å². The molecule has 0 radical (unpaired) electrons. The van der Waals surface area contributed by atoms with E-state index < -0.39 is 13.6 Å². The Labute approximate surface area is 166 Å². The first-order chi connectivity index (χ1) is 12.9. The number of halogens is 3. The molecule has 4 nitrogen and oxygen atoms in total. The molecule has 0 N–H and O–H groups in total. The second-order valence-electron chi connectivity index (χ2n) is 6.39. The third-order valence-electron chi connectivity index (χ3n) is 4.58. The largest absolute Gasteiger partial charge is 0.363 e. The molecular weight excluding hydrogens is 409 g/mol. The van der Waals surface area contributed by atoms with Gasteiger partial charge in [0.1, 0.15) is 11.9 Å². The van der Waals surface area contributed by atoms with E-state index in [1.807, 2.05) is 0 Å². The monoisotopic (exact) mass is 423 g/mol. The van der Waals surface area contributed by atoms with Crippen LogP contribution in [0.2, 0.25) is 10.0 Å². The Hall–Kier alpha value is -1.65. The van der Waals surface area contributed by atoms with Crippen molar-refractivity contribution in [3.63, 3.8) is 0 Å². The van der Waals surface area contributed by atoms with Crippen LogP contribution in [-0.4, -0.2) is 28.9 Å². The number of fused-ring (bicyclic) bond motifs is 1. The van der Waals surface area contributed by atoms with Crippen LogP contribution in [0, 0.1) is 12.7 Å². The smallest absolute Gasteiger partial charge is 0.344 e. The molecule has 0 spiro atoms. The van der Waals surface area contributed by atoms with Gasteiger partial charge in [-0.05, 0) is 19.1 Å². The lowest BCUT2D eigenvalue weighted by atomic mass is 10.0. The molecule has 2 atom stereocenters. The third kappa shape index (κ3) is 3.57. The van der Waals surface area contributed by atoms with Crippen LogP contribution in [0.4, 0.5) is 4.39 Å². The molecule has 2 aromatic heterocycles. The second kappa shape index (κ2) is 7.40. The van der Waals surface area contributed by atoms with E-state index >= 15 is 0 Å². The summed E-state index contributed by atoms with van der Waals surface area (Å²) < 4.78 is 32.1. The minimum atomic E-state index is -1.25. The van der Waals surface area contributed by atoms with E-state index in [1.165, 1.54) is 6.07 Å². The normalized spacial score (nSPS) is 18.8. The number of pyridine rings is 2. The number of nitrogens with zero attached hydrogens (tertiary/aromatic N) is 2. The Morgan fingerprint density at radius 1 is 1.26 bits per heavy atom. The molecule has 1 aliphatic heterocycles. The Kier molecular flexibility index (Phi) is 5.13. The van der Waals surface area contributed by atoms with Crippen molar-refractivity contribution < 1.29 is 13.7 Å². The zero-order chi connectivity index (χ0) is 19.1. The summed E-state index contributed by atoms with van der Waals surface area (Å²) in [6.07, 6.45) is 2.36. The fourth-order valence-corrected chi connectivity index (χ4v) is 4.70. The molecule has 3 heterocycles. The van der Waals surface area contributed by atoms with Crippen molar-refractivity contribution in [3.8, 4) is 11.1 Å². The predicted molar refractivity (Wildman–Crippen MR) is 106 cm³/mol. The van der Waals surface area contributed by atoms with Gasteiger partial charge in [0.05, 0.1) is 33.6 Å². The number of aromatic nitrogens is 2. The Bertz CT molecular complexity index is 1060. The molecule has 0 saturated carbocycles. The van der Waals surface area contributed by atoms with Crippen molar-refractivity contribution in [1.82, 2.24) is 9.97 Å². The van der Waals surface area contributed by atoms with Gasteiger partial charge in [-0.15, -0.1) is 0 Å². The summed E-state index contributed by atoms with van der Waals surface area (Å²) >= 11 is 12.5. The first-order valence-corrected chi connectivity index (χ1v) is 10.8. The van der Waals surface area contributed by atoms with Crippen LogP contribution in [0.15, 0.2) is 30.5 Å². The van der Waals surface area contributed by atoms with Gasteiger partial charge in [-0.2, -0.15) is 0 Å². The maximum absolute atomic E-state index is 14.7. The summed E-state index contributed by atoms with van der Waals surface area (Å²) in [6.45, 7) is 2.19. The molecule has 138 valence electrons. The predicted octanol–water partition coefficient (Wildman–Crippen LogP) is 5.95. The van der Waals surface area contributed by atoms with Gasteiger partial charge in [0.2, 0.25) is 0 Å². The van der Waals surface area contributed by atoms with E-state index in [2.05, 4.69) is 9.97 Å². The van der Waals surface area contributed by atoms with Crippen molar-refractivity contribution in [3.05, 3.63) is 57.7 Å². The van der Waals surface area contributed by atoms with Crippen molar-refractivity contribution in [2.24, 2.45) is 0 Å². The zero-order valence-electron chi connectivity index (χ0n) is 14.4. The van der Waals surface area contributed by atoms with Gasteiger partial charge >= 0.3 is 7.80 Å². The zero-order valence-corrected chi connectivity index (χ0v) is 16.8. The molecule has 8 heteroatoms. The average Bonchev–Trinajstić information content (AvgIpc) is 2.66. The van der Waals surface area contributed by atoms with E-state index in [1.54, 1.807) is 31.3 Å². The Morgan fingerprint density at radius 3 is 2.78 bits per heavy atom. The lowest BCUT2D eigenvalue weighted by Crippen LogP contribution is -2.16. The summed E-state index contributed by atoms with van der Waals surface area (Å²) in [6, 6.07) is 6.54. The van der Waals surface area contributed by atoms with Gasteiger partial charge in [-0.3, -0.25) is 9.97 Å². The third-order valence-corrected chi connectivity index (χ3v) is 6.95. The maximum atomic E-state index is 14.7. The molecule has 27 heavy (non-hydrogen) atoms. The standard InChI is InChI=1S/C19H15Cl2FN2O2P/c1-10-18(20)19(21)13-6-12(14(22)7-16(13)24-10)11-2-3-15(23-8-11)17-9-27(25)5-4-26-17/h2-3,6-8,17H,4-5,9H2,1H3/q+1. The minimum Gasteiger partial charge on any atom is -0.363 e. The lowest BCUT2D eigenvalue weighted by Gasteiger charge is -2.16. The topological polar surface area (TPSA) is 52.1 Å². The number of hydrogen-bond donors (Lipinski definition) is 0. The van der Waals surface area contributed by atoms with Crippen LogP contribution in [0.1, 0.15) is 17.5 Å². The minimum absolute atomic E-state index is 0.279. The van der Waals surface area contributed by atoms with Crippen molar-refractivity contribution >= 4 is 41.9 Å². The first kappa shape index (κ1) is 18.7. The summed E-state index contributed by atoms with van der Waals surface area (Å²) in [5.74, 6) is -0.417. The Morgan fingerprint density at radius 2 is 2.07 bits per heavy atom. The molecule has 3 aromatic rings. The number of ether oxygens (including phenoxy) is 1. The van der Waals surface area contributed by atoms with Gasteiger partial charge in [-0.25, -0.2) is 4.39 Å². The summed E-state index contributed by atoms with van der Waals surface area (Å²) in [4.78, 5) is 8.69. The van der Waals surface area contributed by atoms with E-state index in [4.69, 9.17) is 27.9 Å². The van der Waals surface area contributed by atoms with E-state index in [0.29, 0.717) is 62.4 Å². The molecular formula is C19H15Cl2FN2O2P+. The second-order valence-corrected chi connectivity index (χ2v) is 8.93. The molecule has 1 aliphatic rings. The van der Waals surface area contributed by atoms with Crippen molar-refractivity contribution in [2.75, 3.05) is 18.9 Å². The summed E-state index contributed by atoms with van der Waals surface area (Å²) in [7, 11) is -1.25. The quantitative estimate of drug-likeness (QED) is 0.477. The molecule has 2 unspecified atom stereocenters. The number of rotatable bonds is 2. The number of hydrogen-bond acceptors (Lipinski definition) is 4. The van der Waals surface area contributed by atoms with Crippen molar-refractivity contribution in [1.29, 1.82) is 0 Å². The average molecular weight is 424 g/mol. The van der Waals surface area contributed by atoms with Gasteiger partial charge in [0.15, 0.2) is 12.3 Å². The van der Waals surface area contributed by atoms with Crippen LogP contribution in [0.5, 0.6) is 0 Å². The molecule has 0 amide bonds. The fourth-order valence-electron chi connectivity index (χ4n) is 3.12. The highest BCUT2D eigenvalue weighted by molar-refractivity contribution is 7.44. The van der Waals surface area contributed by atoms with Crippen LogP contribution in [0.25, 0.3) is 22.0 Å². The SMILES string of the molecule is Cc1nc2cc(F)c(-c3ccc(C4C[P+](=O)CCO4)nc3)cc2c(Cl)c1Cl. The highest BCUT2D eigenvalue weighted by atomic mass is 35.5. The van der Waals surface area contributed by atoms with Crippen LogP contribution in [0.3, 0.4) is 0 Å². The highest BCUT2D eigenvalue weighted by Gasteiger charge is 2.31. The number of aryl methyl sites for hydroxylation is 1. The number of benzene rings is 1. The molecule has 1 aromatic carbocycles. The molecule has 1 fully saturated rings. The maximum Gasteiger partial charge on any atom is 0.344 e. The van der Waals surface area contributed by atoms with Gasteiger partial charge in [0, 0.05) is 28.8 Å². The summed E-state index contributed by atoms with van der Waals surface area (Å²) in [5.41, 5.74) is 2.67. The van der Waals surface area contributed by atoms with E-state index in [9.17, 15) is 8.96 Å². The summed E-state index contributed by atoms with van der Waals surface area (Å²) in [5, 5.41) is 1.29. The van der Waals surface area contributed by atoms with E-state index in [-0.39, 0.29) is 6.10 Å². The Balaban J connectivity index is 1.73. The first-order valence-electron chi connectivity index (χ1n) is 8.39. The molecule has 4 rings (SSSR count).